The van der Waals surface area contributed by atoms with Crippen LogP contribution in [0, 0.1) is 6.92 Å². The molecule has 1 atom stereocenters. The van der Waals surface area contributed by atoms with Crippen LogP contribution in [0.5, 0.6) is 0 Å². The zero-order valence-electron chi connectivity index (χ0n) is 12.8. The van der Waals surface area contributed by atoms with Gasteiger partial charge in [-0.15, -0.1) is 0 Å². The third-order valence-corrected chi connectivity index (χ3v) is 3.04. The Morgan fingerprint density at radius 3 is 1.74 bits per heavy atom. The van der Waals surface area contributed by atoms with Crippen molar-refractivity contribution in [3.8, 4) is 0 Å². The van der Waals surface area contributed by atoms with Crippen LogP contribution in [0.1, 0.15) is 5.56 Å². The van der Waals surface area contributed by atoms with Crippen LogP contribution in [0.25, 0.3) is 0 Å². The van der Waals surface area contributed by atoms with Crippen molar-refractivity contribution in [1.82, 2.24) is 0 Å². The molecule has 14 heteroatoms. The Kier molecular flexibility index (Phi) is 5.77. The van der Waals surface area contributed by atoms with Gasteiger partial charge in [-0.05, 0) is 18.6 Å². The van der Waals surface area contributed by atoms with E-state index in [1.165, 1.54) is 19.1 Å². The number of alkyl halides is 11. The van der Waals surface area contributed by atoms with Crippen molar-refractivity contribution in [3.05, 3.63) is 29.8 Å². The molecule has 1 unspecified atom stereocenters. The maximum atomic E-state index is 14.0. The van der Waals surface area contributed by atoms with Gasteiger partial charge < -0.3 is 5.32 Å². The van der Waals surface area contributed by atoms with Gasteiger partial charge in [0.2, 0.25) is 0 Å². The van der Waals surface area contributed by atoms with Gasteiger partial charge in [-0.2, -0.15) is 48.3 Å². The Morgan fingerprint density at radius 1 is 0.852 bits per heavy atom. The molecule has 0 saturated heterocycles. The second-order valence-corrected chi connectivity index (χ2v) is 5.05. The predicted molar refractivity (Wildman–Crippen MR) is 66.7 cm³/mol. The molecule has 0 fully saturated rings. The molecule has 0 radical (unpaired) electrons. The summed E-state index contributed by atoms with van der Waals surface area (Å²) in [4.78, 5) is 11.5. The number of para-hydroxylation sites is 1. The molecule has 1 aromatic rings. The summed E-state index contributed by atoms with van der Waals surface area (Å²) >= 11 is 0. The first-order valence-corrected chi connectivity index (χ1v) is 6.52. The summed E-state index contributed by atoms with van der Waals surface area (Å²) in [6.45, 7) is 1.18. The van der Waals surface area contributed by atoms with Crippen LogP contribution in [-0.4, -0.2) is 36.1 Å². The smallest absolute Gasteiger partial charge is 0.321 e. The van der Waals surface area contributed by atoms with E-state index in [0.29, 0.717) is 0 Å². The van der Waals surface area contributed by atoms with E-state index in [0.717, 1.165) is 17.4 Å². The van der Waals surface area contributed by atoms with Gasteiger partial charge in [0, 0.05) is 5.69 Å². The van der Waals surface area contributed by atoms with E-state index in [1.54, 1.807) is 0 Å². The molecular weight excluding hydrogens is 411 g/mol. The number of nitrogens with one attached hydrogen (secondary N) is 1. The van der Waals surface area contributed by atoms with Crippen molar-refractivity contribution in [2.75, 3.05) is 5.32 Å². The van der Waals surface area contributed by atoms with Crippen LogP contribution in [0.4, 0.5) is 54.0 Å². The molecule has 1 rings (SSSR count). The van der Waals surface area contributed by atoms with Crippen LogP contribution < -0.4 is 5.32 Å². The number of anilines is 1. The van der Waals surface area contributed by atoms with Gasteiger partial charge in [0.1, 0.15) is 0 Å². The molecule has 0 aliphatic heterocycles. The number of amides is 1. The lowest BCUT2D eigenvalue weighted by Crippen LogP contribution is -2.62. The van der Waals surface area contributed by atoms with Crippen LogP contribution in [-0.2, 0) is 9.53 Å². The lowest BCUT2D eigenvalue weighted by Gasteiger charge is -2.34. The van der Waals surface area contributed by atoms with Gasteiger partial charge in [0.05, 0.1) is 0 Å². The van der Waals surface area contributed by atoms with E-state index in [1.807, 2.05) is 0 Å². The second kappa shape index (κ2) is 6.80. The van der Waals surface area contributed by atoms with Gasteiger partial charge in [-0.3, -0.25) is 9.53 Å². The summed E-state index contributed by atoms with van der Waals surface area (Å²) in [7, 11) is 0. The summed E-state index contributed by atoms with van der Waals surface area (Å²) in [5.41, 5.74) is -0.578. The van der Waals surface area contributed by atoms with Crippen LogP contribution in [0.15, 0.2) is 24.3 Å². The highest BCUT2D eigenvalue weighted by Gasteiger charge is 2.79. The number of halogens is 11. The van der Waals surface area contributed by atoms with Crippen molar-refractivity contribution in [1.29, 1.82) is 0 Å². The Balaban J connectivity index is 3.32. The molecule has 0 spiro atoms. The summed E-state index contributed by atoms with van der Waals surface area (Å²) in [5.74, 6) is -16.5. The average Bonchev–Trinajstić information content (AvgIpc) is 2.46. The van der Waals surface area contributed by atoms with E-state index >= 15 is 0 Å². The number of carbonyl (C=O) groups is 1. The number of hydrogen-bond acceptors (Lipinski definition) is 2. The molecule has 0 aromatic heterocycles. The average molecular weight is 419 g/mol. The minimum atomic E-state index is -7.23. The first kappa shape index (κ1) is 22.9. The zero-order valence-corrected chi connectivity index (χ0v) is 12.8. The lowest BCUT2D eigenvalue weighted by atomic mass is 10.2. The van der Waals surface area contributed by atoms with Gasteiger partial charge in [-0.1, -0.05) is 18.2 Å². The minimum absolute atomic E-state index is 0.0113. The van der Waals surface area contributed by atoms with Crippen molar-refractivity contribution in [2.24, 2.45) is 0 Å². The van der Waals surface area contributed by atoms with Crippen LogP contribution in [0.3, 0.4) is 0 Å². The monoisotopic (exact) mass is 419 g/mol. The Labute approximate surface area is 143 Å². The maximum Gasteiger partial charge on any atom is 0.462 e. The molecule has 154 valence electrons. The van der Waals surface area contributed by atoms with Crippen molar-refractivity contribution >= 4 is 11.6 Å². The van der Waals surface area contributed by atoms with Crippen LogP contribution in [0.2, 0.25) is 0 Å². The van der Waals surface area contributed by atoms with E-state index in [9.17, 15) is 53.1 Å². The fourth-order valence-corrected chi connectivity index (χ4v) is 1.55. The number of carbonyl (C=O) groups excluding carboxylic acids is 1. The van der Waals surface area contributed by atoms with Gasteiger partial charge >= 0.3 is 30.2 Å². The Hall–Kier alpha value is -2.12. The summed E-state index contributed by atoms with van der Waals surface area (Å²) in [6.07, 6.45) is -20.9. The number of benzene rings is 1. The number of hydrogen-bond donors (Lipinski definition) is 1. The molecule has 3 nitrogen and oxygen atoms in total. The summed E-state index contributed by atoms with van der Waals surface area (Å²) in [5, 5.41) is 1.15. The predicted octanol–water partition coefficient (Wildman–Crippen LogP) is 4.97. The molecule has 0 saturated carbocycles. The van der Waals surface area contributed by atoms with Gasteiger partial charge in [0.25, 0.3) is 5.91 Å². The third-order valence-electron chi connectivity index (χ3n) is 3.04. The summed E-state index contributed by atoms with van der Waals surface area (Å²) < 4.78 is 142. The molecule has 1 aromatic carbocycles. The highest BCUT2D eigenvalue weighted by atomic mass is 19.4. The van der Waals surface area contributed by atoms with Crippen molar-refractivity contribution in [2.45, 2.75) is 37.2 Å². The fraction of sp³-hybridized carbons (Fsp3) is 0.462. The molecule has 0 aliphatic carbocycles. The van der Waals surface area contributed by atoms with Gasteiger partial charge in [0.15, 0.2) is 0 Å². The first-order chi connectivity index (χ1) is 11.9. The lowest BCUT2D eigenvalue weighted by molar-refractivity contribution is -0.472. The van der Waals surface area contributed by atoms with Crippen molar-refractivity contribution in [3.63, 3.8) is 0 Å². The first-order valence-electron chi connectivity index (χ1n) is 6.52. The van der Waals surface area contributed by atoms with E-state index in [2.05, 4.69) is 4.74 Å². The largest absolute Gasteiger partial charge is 0.462 e. The molecular formula is C13H8F11NO2. The number of rotatable bonds is 5. The fourth-order valence-electron chi connectivity index (χ4n) is 1.55. The minimum Gasteiger partial charge on any atom is -0.321 e. The van der Waals surface area contributed by atoms with Crippen LogP contribution >= 0.6 is 0 Å². The highest BCUT2D eigenvalue weighted by Crippen LogP contribution is 2.51. The van der Waals surface area contributed by atoms with Crippen molar-refractivity contribution < 1.29 is 57.8 Å². The van der Waals surface area contributed by atoms with E-state index < -0.39 is 41.8 Å². The Morgan fingerprint density at radius 2 is 1.33 bits per heavy atom. The Bertz CT molecular complexity index is 698. The third kappa shape index (κ3) is 4.25. The molecule has 1 N–H and O–H groups in total. The second-order valence-electron chi connectivity index (χ2n) is 5.05. The standard InChI is InChI=1S/C13H8F11NO2/c1-6-4-2-3-5-7(6)25-8(26)9(14,11(17,18)19)27-13(23,24)10(15,16)12(20,21)22/h2-5H,1H3,(H,25,26). The van der Waals surface area contributed by atoms with Gasteiger partial charge in [-0.25, -0.2) is 0 Å². The quantitative estimate of drug-likeness (QED) is 0.685. The molecule has 0 heterocycles. The van der Waals surface area contributed by atoms with E-state index in [-0.39, 0.29) is 5.56 Å². The van der Waals surface area contributed by atoms with E-state index in [4.69, 9.17) is 0 Å². The number of ether oxygens (including phenoxy) is 1. The summed E-state index contributed by atoms with van der Waals surface area (Å²) in [6, 6.07) is 4.48. The number of aryl methyl sites for hydroxylation is 1. The highest BCUT2D eigenvalue weighted by molar-refractivity contribution is 5.97. The topological polar surface area (TPSA) is 38.3 Å². The molecule has 1 amide bonds. The SMILES string of the molecule is Cc1ccccc1NC(=O)C(F)(OC(F)(F)C(F)(F)C(F)(F)F)C(F)(F)F. The molecule has 0 aliphatic rings. The normalized spacial score (nSPS) is 16.0. The molecule has 27 heavy (non-hydrogen) atoms. The zero-order chi connectivity index (χ0) is 21.5. The maximum absolute atomic E-state index is 14.0. The molecule has 0 bridgehead atoms.